The molecule has 4 nitrogen and oxygen atoms in total. The molecule has 0 aromatic heterocycles. The van der Waals surface area contributed by atoms with Crippen LogP contribution >= 0.6 is 11.6 Å². The van der Waals surface area contributed by atoms with Crippen molar-refractivity contribution in [2.45, 2.75) is 39.3 Å². The van der Waals surface area contributed by atoms with Gasteiger partial charge in [0.15, 0.2) is 0 Å². The van der Waals surface area contributed by atoms with Gasteiger partial charge < -0.3 is 10.2 Å². The Hall–Kier alpha value is -3.11. The summed E-state index contributed by atoms with van der Waals surface area (Å²) < 4.78 is 0. The van der Waals surface area contributed by atoms with Gasteiger partial charge in [-0.1, -0.05) is 78.3 Å². The van der Waals surface area contributed by atoms with E-state index in [4.69, 9.17) is 11.6 Å². The molecule has 3 aromatic carbocycles. The maximum absolute atomic E-state index is 13.6. The van der Waals surface area contributed by atoms with Crippen LogP contribution in [0.1, 0.15) is 27.8 Å². The second-order valence-corrected chi connectivity index (χ2v) is 8.44. The van der Waals surface area contributed by atoms with E-state index in [1.807, 2.05) is 80.6 Å². The van der Waals surface area contributed by atoms with Crippen LogP contribution < -0.4 is 5.32 Å². The van der Waals surface area contributed by atoms with E-state index in [1.54, 1.807) is 18.0 Å². The van der Waals surface area contributed by atoms with Crippen LogP contribution in [0.3, 0.4) is 0 Å². The zero-order valence-electron chi connectivity index (χ0n) is 18.8. The highest BCUT2D eigenvalue weighted by molar-refractivity contribution is 6.31. The summed E-state index contributed by atoms with van der Waals surface area (Å²) in [5.41, 5.74) is 5.05. The van der Waals surface area contributed by atoms with Crippen LogP contribution in [0, 0.1) is 13.8 Å². The molecule has 3 rings (SSSR count). The van der Waals surface area contributed by atoms with Gasteiger partial charge in [0.2, 0.25) is 11.8 Å². The molecule has 166 valence electrons. The lowest BCUT2D eigenvalue weighted by Crippen LogP contribution is -2.50. The lowest BCUT2D eigenvalue weighted by Gasteiger charge is -2.31. The average Bonchev–Trinajstić information content (AvgIpc) is 2.80. The number of nitrogens with one attached hydrogen (secondary N) is 1. The lowest BCUT2D eigenvalue weighted by molar-refractivity contribution is -0.140. The zero-order chi connectivity index (χ0) is 23.1. The number of halogens is 1. The van der Waals surface area contributed by atoms with Gasteiger partial charge in [0, 0.05) is 25.0 Å². The van der Waals surface area contributed by atoms with Crippen molar-refractivity contribution in [1.82, 2.24) is 10.2 Å². The summed E-state index contributed by atoms with van der Waals surface area (Å²) in [5, 5.41) is 3.31. The largest absolute Gasteiger partial charge is 0.357 e. The van der Waals surface area contributed by atoms with Crippen molar-refractivity contribution < 1.29 is 9.59 Å². The summed E-state index contributed by atoms with van der Waals surface area (Å²) in [4.78, 5) is 28.2. The second kappa shape index (κ2) is 11.0. The lowest BCUT2D eigenvalue weighted by atomic mass is 10.0. The molecule has 3 aromatic rings. The van der Waals surface area contributed by atoms with E-state index in [1.165, 1.54) is 5.56 Å². The first kappa shape index (κ1) is 23.6. The first-order valence-corrected chi connectivity index (χ1v) is 11.1. The molecule has 0 spiro atoms. The van der Waals surface area contributed by atoms with Gasteiger partial charge in [0.25, 0.3) is 0 Å². The Kier molecular flexibility index (Phi) is 8.07. The van der Waals surface area contributed by atoms with Crippen molar-refractivity contribution in [1.29, 1.82) is 0 Å². The SMILES string of the molecule is CNC(=O)[C@@H](Cc1ccccc1)N(Cc1ccccc1Cl)C(=O)Cc1ccc(C)c(C)c1. The van der Waals surface area contributed by atoms with Crippen LogP contribution in [0.2, 0.25) is 5.02 Å². The predicted octanol–water partition coefficient (Wildman–Crippen LogP) is 4.89. The van der Waals surface area contributed by atoms with Gasteiger partial charge in [-0.25, -0.2) is 0 Å². The predicted molar refractivity (Wildman–Crippen MR) is 130 cm³/mol. The molecule has 2 amide bonds. The fourth-order valence-electron chi connectivity index (χ4n) is 3.72. The number of likely N-dealkylation sites (N-methyl/N-ethyl adjacent to an activating group) is 1. The summed E-state index contributed by atoms with van der Waals surface area (Å²) in [6.45, 7) is 4.34. The summed E-state index contributed by atoms with van der Waals surface area (Å²) >= 11 is 6.41. The molecule has 0 bridgehead atoms. The highest BCUT2D eigenvalue weighted by Gasteiger charge is 2.30. The molecule has 0 fully saturated rings. The van der Waals surface area contributed by atoms with Crippen LogP contribution in [0.4, 0.5) is 0 Å². The van der Waals surface area contributed by atoms with E-state index in [0.717, 1.165) is 22.3 Å². The Balaban J connectivity index is 1.96. The van der Waals surface area contributed by atoms with E-state index >= 15 is 0 Å². The Bertz CT molecular complexity index is 1080. The number of hydrogen-bond donors (Lipinski definition) is 1. The molecule has 5 heteroatoms. The van der Waals surface area contributed by atoms with Crippen LogP contribution in [0.15, 0.2) is 72.8 Å². The van der Waals surface area contributed by atoms with E-state index < -0.39 is 6.04 Å². The highest BCUT2D eigenvalue weighted by Crippen LogP contribution is 2.21. The quantitative estimate of drug-likeness (QED) is 0.533. The van der Waals surface area contributed by atoms with E-state index in [-0.39, 0.29) is 24.8 Å². The average molecular weight is 449 g/mol. The molecule has 0 aliphatic carbocycles. The molecule has 1 atom stereocenters. The van der Waals surface area contributed by atoms with Gasteiger partial charge >= 0.3 is 0 Å². The van der Waals surface area contributed by atoms with Crippen molar-refractivity contribution in [2.24, 2.45) is 0 Å². The Morgan fingerprint density at radius 2 is 1.59 bits per heavy atom. The molecule has 1 N–H and O–H groups in total. The third kappa shape index (κ3) is 5.98. The number of hydrogen-bond acceptors (Lipinski definition) is 2. The highest BCUT2D eigenvalue weighted by atomic mass is 35.5. The maximum atomic E-state index is 13.6. The van der Waals surface area contributed by atoms with Crippen LogP contribution in [-0.4, -0.2) is 29.8 Å². The topological polar surface area (TPSA) is 49.4 Å². The van der Waals surface area contributed by atoms with E-state index in [0.29, 0.717) is 11.4 Å². The van der Waals surface area contributed by atoms with E-state index in [2.05, 4.69) is 5.32 Å². The van der Waals surface area contributed by atoms with Gasteiger partial charge in [0.05, 0.1) is 6.42 Å². The Morgan fingerprint density at radius 1 is 0.906 bits per heavy atom. The second-order valence-electron chi connectivity index (χ2n) is 8.03. The fourth-order valence-corrected chi connectivity index (χ4v) is 3.92. The molecular formula is C27H29ClN2O2. The van der Waals surface area contributed by atoms with Gasteiger partial charge in [-0.15, -0.1) is 0 Å². The number of rotatable bonds is 8. The van der Waals surface area contributed by atoms with Gasteiger partial charge in [-0.05, 0) is 47.7 Å². The summed E-state index contributed by atoms with van der Waals surface area (Å²) in [6.07, 6.45) is 0.636. The third-order valence-corrected chi connectivity index (χ3v) is 6.11. The van der Waals surface area contributed by atoms with E-state index in [9.17, 15) is 9.59 Å². The maximum Gasteiger partial charge on any atom is 0.242 e. The normalized spacial score (nSPS) is 11.6. The minimum Gasteiger partial charge on any atom is -0.357 e. The number of benzene rings is 3. The number of amides is 2. The third-order valence-electron chi connectivity index (χ3n) is 5.74. The molecule has 32 heavy (non-hydrogen) atoms. The molecule has 0 aliphatic heterocycles. The summed E-state index contributed by atoms with van der Waals surface area (Å²) in [7, 11) is 1.60. The minimum absolute atomic E-state index is 0.113. The van der Waals surface area contributed by atoms with Crippen molar-refractivity contribution in [3.8, 4) is 0 Å². The standard InChI is InChI=1S/C27H29ClN2O2/c1-19-13-14-22(15-20(19)2)17-26(31)30(18-23-11-7-8-12-24(23)28)25(27(32)29-3)16-21-9-5-4-6-10-21/h4-15,25H,16-18H2,1-3H3,(H,29,32)/t25-/m1/s1. The molecule has 0 heterocycles. The first-order chi connectivity index (χ1) is 15.4. The monoisotopic (exact) mass is 448 g/mol. The molecule has 0 saturated carbocycles. The Labute approximate surface area is 195 Å². The smallest absolute Gasteiger partial charge is 0.242 e. The van der Waals surface area contributed by atoms with Gasteiger partial charge in [-0.3, -0.25) is 9.59 Å². The van der Waals surface area contributed by atoms with Crippen molar-refractivity contribution in [3.05, 3.63) is 106 Å². The van der Waals surface area contributed by atoms with Crippen molar-refractivity contribution in [3.63, 3.8) is 0 Å². The molecule has 0 aliphatic rings. The van der Waals surface area contributed by atoms with Crippen molar-refractivity contribution >= 4 is 23.4 Å². The number of aryl methyl sites for hydroxylation is 2. The zero-order valence-corrected chi connectivity index (χ0v) is 19.5. The first-order valence-electron chi connectivity index (χ1n) is 10.7. The molecule has 0 radical (unpaired) electrons. The Morgan fingerprint density at radius 3 is 2.25 bits per heavy atom. The number of nitrogens with zero attached hydrogens (tertiary/aromatic N) is 1. The van der Waals surface area contributed by atoms with Gasteiger partial charge in [0.1, 0.15) is 6.04 Å². The summed E-state index contributed by atoms with van der Waals surface area (Å²) in [5.74, 6) is -0.313. The minimum atomic E-state index is -0.655. The number of carbonyl (C=O) groups is 2. The molecule has 0 saturated heterocycles. The van der Waals surface area contributed by atoms with Crippen LogP contribution in [0.5, 0.6) is 0 Å². The van der Waals surface area contributed by atoms with Gasteiger partial charge in [-0.2, -0.15) is 0 Å². The van der Waals surface area contributed by atoms with Crippen LogP contribution in [-0.2, 0) is 29.0 Å². The summed E-state index contributed by atoms with van der Waals surface area (Å²) in [6, 6.07) is 22.6. The fraction of sp³-hybridized carbons (Fsp3) is 0.259. The number of carbonyl (C=O) groups excluding carboxylic acids is 2. The van der Waals surface area contributed by atoms with Crippen molar-refractivity contribution in [2.75, 3.05) is 7.05 Å². The van der Waals surface area contributed by atoms with Crippen LogP contribution in [0.25, 0.3) is 0 Å². The molecule has 0 unspecified atom stereocenters. The molecular weight excluding hydrogens is 420 g/mol.